The third-order valence-corrected chi connectivity index (χ3v) is 13.3. The number of aliphatic imine (C=N–C) groups is 2. The van der Waals surface area contributed by atoms with E-state index in [0.29, 0.717) is 31.5 Å². The molecule has 2 heterocycles. The van der Waals surface area contributed by atoms with Gasteiger partial charge in [0.15, 0.2) is 0 Å². The van der Waals surface area contributed by atoms with Crippen LogP contribution in [-0.4, -0.2) is 33.5 Å². The summed E-state index contributed by atoms with van der Waals surface area (Å²) < 4.78 is 0. The summed E-state index contributed by atoms with van der Waals surface area (Å²) in [6.45, 7) is 0. The van der Waals surface area contributed by atoms with E-state index in [1.165, 1.54) is 0 Å². The highest BCUT2D eigenvalue weighted by Gasteiger charge is 2.45. The Bertz CT molecular complexity index is 3100. The molecule has 68 heavy (non-hydrogen) atoms. The summed E-state index contributed by atoms with van der Waals surface area (Å²) in [7, 11) is 0. The summed E-state index contributed by atoms with van der Waals surface area (Å²) >= 11 is 26.6. The molecule has 1 aliphatic heterocycles. The summed E-state index contributed by atoms with van der Waals surface area (Å²) in [6, 6.07) is 71.6. The zero-order valence-corrected chi connectivity index (χ0v) is 39.3. The van der Waals surface area contributed by atoms with Gasteiger partial charge in [-0.05, 0) is 81.9 Å². The van der Waals surface area contributed by atoms with Gasteiger partial charge >= 0.3 is 0 Å². The second kappa shape index (κ2) is 18.8. The van der Waals surface area contributed by atoms with Crippen LogP contribution in [0.25, 0.3) is 44.8 Å². The van der Waals surface area contributed by atoms with Crippen molar-refractivity contribution in [2.24, 2.45) is 9.98 Å². The maximum Gasteiger partial charge on any atom is 0.105 e. The van der Waals surface area contributed by atoms with Gasteiger partial charge in [-0.2, -0.15) is 0 Å². The molecule has 0 saturated carbocycles. The highest BCUT2D eigenvalue weighted by atomic mass is 35.5. The first-order valence-electron chi connectivity index (χ1n) is 22.2. The zero-order valence-electron chi connectivity index (χ0n) is 36.2. The minimum absolute atomic E-state index is 0.620. The Balaban J connectivity index is 1.38. The quantitative estimate of drug-likeness (QED) is 0.152. The van der Waals surface area contributed by atoms with Gasteiger partial charge in [-0.1, -0.05) is 216 Å². The van der Waals surface area contributed by atoms with Crippen LogP contribution in [0, 0.1) is 0 Å². The first-order valence-corrected chi connectivity index (χ1v) is 23.7. The van der Waals surface area contributed by atoms with Gasteiger partial charge in [0, 0.05) is 53.5 Å². The molecule has 4 nitrogen and oxygen atoms in total. The standard InChI is InChI=1S/C60H38Cl4N4/c61-45-29-21-37(22-30-45)49(38-23-31-46(62)32-24-38)51-57-58(66-54(42-15-7-2-8-16-42)53(65-57)41-13-5-1-6-14-41)52(50(39-25-33-47(63)34-26-39)40-27-35-48(64)36-28-40)60-59(51)67-55(43-17-9-3-10-18-43)56(68-60)44-19-11-4-12-20-44/h1-36,57-58H. The Labute approximate surface area is 415 Å². The Hall–Kier alpha value is -7.18. The summed E-state index contributed by atoms with van der Waals surface area (Å²) in [4.78, 5) is 23.8. The lowest BCUT2D eigenvalue weighted by Gasteiger charge is -2.39. The molecule has 1 aromatic heterocycles. The molecule has 0 N–H and O–H groups in total. The summed E-state index contributed by atoms with van der Waals surface area (Å²) in [6.07, 6.45) is 0. The van der Waals surface area contributed by atoms with Crippen molar-refractivity contribution in [2.75, 3.05) is 0 Å². The SMILES string of the molecule is Clc1ccc(C(=C2c3nc(-c4ccccc4)c(-c4ccccc4)nc3C(=C(c3ccc(Cl)cc3)c3ccc(Cl)cc3)C3N=C(c4ccccc4)C(c4ccccc4)=NC23)c2ccc(Cl)cc2)cc1. The van der Waals surface area contributed by atoms with Crippen LogP contribution in [0.2, 0.25) is 20.1 Å². The van der Waals surface area contributed by atoms with Crippen molar-refractivity contribution >= 4 is 80.1 Å². The van der Waals surface area contributed by atoms with Crippen molar-refractivity contribution in [3.8, 4) is 22.5 Å². The minimum atomic E-state index is -0.642. The number of nitrogens with zero attached hydrogens (tertiary/aromatic N) is 4. The van der Waals surface area contributed by atoms with Crippen molar-refractivity contribution in [2.45, 2.75) is 12.1 Å². The van der Waals surface area contributed by atoms with Crippen molar-refractivity contribution in [1.82, 2.24) is 9.97 Å². The molecule has 8 heteroatoms. The average molecular weight is 957 g/mol. The van der Waals surface area contributed by atoms with E-state index in [2.05, 4.69) is 97.1 Å². The lowest BCUT2D eigenvalue weighted by atomic mass is 9.73. The molecule has 0 fully saturated rings. The molecule has 0 saturated heterocycles. The van der Waals surface area contributed by atoms with Crippen molar-refractivity contribution < 1.29 is 0 Å². The third kappa shape index (κ3) is 8.42. The monoisotopic (exact) mass is 954 g/mol. The Morgan fingerprint density at radius 1 is 0.279 bits per heavy atom. The van der Waals surface area contributed by atoms with Gasteiger partial charge < -0.3 is 0 Å². The molecule has 2 aliphatic rings. The number of aromatic nitrogens is 2. The predicted octanol–water partition coefficient (Wildman–Crippen LogP) is 16.1. The molecule has 0 spiro atoms. The minimum Gasteiger partial charge on any atom is -0.272 e. The molecule has 1 aliphatic carbocycles. The van der Waals surface area contributed by atoms with Crippen LogP contribution in [0.15, 0.2) is 228 Å². The van der Waals surface area contributed by atoms with Crippen LogP contribution >= 0.6 is 46.4 Å². The van der Waals surface area contributed by atoms with Crippen molar-refractivity contribution in [3.05, 3.63) is 283 Å². The fraction of sp³-hybridized carbons (Fsp3) is 0.0333. The molecule has 11 rings (SSSR count). The van der Waals surface area contributed by atoms with Gasteiger partial charge in [0.25, 0.3) is 0 Å². The summed E-state index contributed by atoms with van der Waals surface area (Å²) in [5.41, 5.74) is 15.3. The number of halogens is 4. The van der Waals surface area contributed by atoms with Crippen LogP contribution in [-0.2, 0) is 0 Å². The van der Waals surface area contributed by atoms with Gasteiger partial charge in [-0.3, -0.25) is 9.98 Å². The predicted molar refractivity (Wildman–Crippen MR) is 284 cm³/mol. The Morgan fingerprint density at radius 2 is 0.529 bits per heavy atom. The second-order valence-electron chi connectivity index (χ2n) is 16.5. The average Bonchev–Trinajstić information content (AvgIpc) is 3.39. The molecule has 2 atom stereocenters. The maximum absolute atomic E-state index is 6.66. The summed E-state index contributed by atoms with van der Waals surface area (Å²) in [5.74, 6) is 0. The fourth-order valence-electron chi connectivity index (χ4n) is 9.24. The van der Waals surface area contributed by atoms with Gasteiger partial charge in [0.2, 0.25) is 0 Å². The second-order valence-corrected chi connectivity index (χ2v) is 18.3. The highest BCUT2D eigenvalue weighted by molar-refractivity contribution is 6.54. The Kier molecular flexibility index (Phi) is 12.0. The Morgan fingerprint density at radius 3 is 0.794 bits per heavy atom. The summed E-state index contributed by atoms with van der Waals surface area (Å²) in [5, 5.41) is 2.48. The highest BCUT2D eigenvalue weighted by Crippen LogP contribution is 2.51. The van der Waals surface area contributed by atoms with Crippen molar-refractivity contribution in [1.29, 1.82) is 0 Å². The number of hydrogen-bond donors (Lipinski definition) is 0. The van der Waals surface area contributed by atoms with E-state index in [9.17, 15) is 0 Å². The smallest absolute Gasteiger partial charge is 0.105 e. The van der Waals surface area contributed by atoms with E-state index in [-0.39, 0.29) is 0 Å². The van der Waals surface area contributed by atoms with Gasteiger partial charge in [-0.25, -0.2) is 9.97 Å². The fourth-order valence-corrected chi connectivity index (χ4v) is 9.74. The van der Waals surface area contributed by atoms with Gasteiger partial charge in [-0.15, -0.1) is 0 Å². The maximum atomic E-state index is 6.66. The van der Waals surface area contributed by atoms with E-state index in [4.69, 9.17) is 66.4 Å². The molecular weight excluding hydrogens is 918 g/mol. The number of benzene rings is 8. The van der Waals surface area contributed by atoms with E-state index < -0.39 is 12.1 Å². The van der Waals surface area contributed by atoms with Crippen LogP contribution in [0.4, 0.5) is 0 Å². The molecule has 9 aromatic rings. The van der Waals surface area contributed by atoms with E-state index in [1.807, 2.05) is 121 Å². The van der Waals surface area contributed by atoms with E-state index in [0.717, 1.165) is 89.6 Å². The molecule has 0 bridgehead atoms. The molecule has 0 amide bonds. The van der Waals surface area contributed by atoms with E-state index >= 15 is 0 Å². The topological polar surface area (TPSA) is 50.5 Å². The lowest BCUT2D eigenvalue weighted by molar-refractivity contribution is 0.712. The first-order chi connectivity index (χ1) is 33.4. The van der Waals surface area contributed by atoms with Crippen LogP contribution in [0.3, 0.4) is 0 Å². The largest absolute Gasteiger partial charge is 0.272 e. The van der Waals surface area contributed by atoms with Crippen LogP contribution in [0.1, 0.15) is 44.8 Å². The zero-order chi connectivity index (χ0) is 46.1. The van der Waals surface area contributed by atoms with E-state index in [1.54, 1.807) is 0 Å². The number of fused-ring (bicyclic) bond motifs is 2. The normalized spacial score (nSPS) is 15.2. The lowest BCUT2D eigenvalue weighted by Crippen LogP contribution is -2.40. The van der Waals surface area contributed by atoms with Gasteiger partial charge in [0.1, 0.15) is 12.1 Å². The van der Waals surface area contributed by atoms with Crippen molar-refractivity contribution in [3.63, 3.8) is 0 Å². The van der Waals surface area contributed by atoms with Crippen LogP contribution < -0.4 is 0 Å². The number of rotatable bonds is 8. The third-order valence-electron chi connectivity index (χ3n) is 12.3. The molecule has 8 aromatic carbocycles. The molecule has 0 radical (unpaired) electrons. The molecule has 326 valence electrons. The molecular formula is C60H38Cl4N4. The van der Waals surface area contributed by atoms with Crippen LogP contribution in [0.5, 0.6) is 0 Å². The first kappa shape index (κ1) is 43.4. The van der Waals surface area contributed by atoms with Gasteiger partial charge in [0.05, 0.1) is 34.2 Å². The molecule has 2 unspecified atom stereocenters. The number of hydrogen-bond acceptors (Lipinski definition) is 4.